The van der Waals surface area contributed by atoms with Crippen LogP contribution in [-0.2, 0) is 51.3 Å². The van der Waals surface area contributed by atoms with Gasteiger partial charge in [-0.05, 0) is 33.9 Å². The van der Waals surface area contributed by atoms with Crippen LogP contribution in [0, 0.1) is 0 Å². The number of aliphatic hydroxyl groups excluding tert-OH is 2. The van der Waals surface area contributed by atoms with Crippen molar-refractivity contribution in [1.29, 1.82) is 0 Å². The third-order valence-corrected chi connectivity index (χ3v) is 8.21. The number of nitrogens with one attached hydrogen (secondary N) is 2. The molecule has 314 valence electrons. The van der Waals surface area contributed by atoms with Crippen molar-refractivity contribution in [1.82, 2.24) is 10.6 Å². The van der Waals surface area contributed by atoms with Crippen molar-refractivity contribution in [2.75, 3.05) is 21.3 Å². The van der Waals surface area contributed by atoms with Crippen molar-refractivity contribution in [3.63, 3.8) is 0 Å². The lowest BCUT2D eigenvalue weighted by atomic mass is 10.0. The number of rotatable bonds is 14. The maximum Gasteiger partial charge on any atom is 0.408 e. The standard InChI is InChI=1S/2C18H19NO5.C10H10O2/c1-23-17(21)15(16(20)14-10-6-3-7-11-14)19-18(22)24-12-13-8-4-2-5-9-13;1-23-17(21)16(20)15(14-10-6-3-7-11-14)19-18(22)24-12-13-8-4-2-5-9-13;1-12-10(11)8-7-9-5-3-2-4-6-9/h2*2-11,15-16,20H,12H2,1H3,(H,19,22);2-8H,1H3/b;;8-7+/t2*15-,16+;/m01./s1. The minimum absolute atomic E-state index is 0.0575. The number of esters is 3. The lowest BCUT2D eigenvalue weighted by molar-refractivity contribution is -0.152. The summed E-state index contributed by atoms with van der Waals surface area (Å²) in [5, 5.41) is 25.3. The Balaban J connectivity index is 0.000000254. The smallest absolute Gasteiger partial charge is 0.408 e. The van der Waals surface area contributed by atoms with E-state index in [9.17, 15) is 34.2 Å². The van der Waals surface area contributed by atoms with Gasteiger partial charge in [-0.3, -0.25) is 0 Å². The second-order valence-corrected chi connectivity index (χ2v) is 12.4. The van der Waals surface area contributed by atoms with Crippen LogP contribution in [0.25, 0.3) is 6.08 Å². The van der Waals surface area contributed by atoms with Gasteiger partial charge >= 0.3 is 30.1 Å². The lowest BCUT2D eigenvalue weighted by Crippen LogP contribution is -2.45. The summed E-state index contributed by atoms with van der Waals surface area (Å²) in [6, 6.07) is 42.8. The van der Waals surface area contributed by atoms with E-state index < -0.39 is 48.4 Å². The predicted octanol–water partition coefficient (Wildman–Crippen LogP) is 6.25. The summed E-state index contributed by atoms with van der Waals surface area (Å²) >= 11 is 0. The molecule has 14 nitrogen and oxygen atoms in total. The monoisotopic (exact) mass is 820 g/mol. The Morgan fingerprint density at radius 3 is 1.40 bits per heavy atom. The van der Waals surface area contributed by atoms with Gasteiger partial charge in [0, 0.05) is 6.08 Å². The van der Waals surface area contributed by atoms with E-state index in [1.54, 1.807) is 66.7 Å². The summed E-state index contributed by atoms with van der Waals surface area (Å²) in [4.78, 5) is 58.1. The first-order chi connectivity index (χ1) is 29.1. The molecule has 0 unspecified atom stereocenters. The Hall–Kier alpha value is -7.29. The van der Waals surface area contributed by atoms with Gasteiger partial charge in [0.1, 0.15) is 19.3 Å². The first kappa shape index (κ1) is 47.1. The number of methoxy groups -OCH3 is 3. The minimum Gasteiger partial charge on any atom is -0.467 e. The summed E-state index contributed by atoms with van der Waals surface area (Å²) in [7, 11) is 3.71. The fourth-order valence-electron chi connectivity index (χ4n) is 5.08. The summed E-state index contributed by atoms with van der Waals surface area (Å²) in [6.45, 7) is 0.143. The van der Waals surface area contributed by atoms with E-state index in [0.717, 1.165) is 16.7 Å². The van der Waals surface area contributed by atoms with Crippen LogP contribution >= 0.6 is 0 Å². The number of alkyl carbamates (subject to hydrolysis) is 2. The number of amides is 2. The zero-order valence-electron chi connectivity index (χ0n) is 33.3. The molecular weight excluding hydrogens is 773 g/mol. The van der Waals surface area contributed by atoms with Crippen LogP contribution in [0.15, 0.2) is 158 Å². The van der Waals surface area contributed by atoms with Crippen LogP contribution in [0.2, 0.25) is 0 Å². The molecule has 14 heteroatoms. The molecule has 5 aromatic carbocycles. The van der Waals surface area contributed by atoms with Gasteiger partial charge in [0.25, 0.3) is 0 Å². The number of ether oxygens (including phenoxy) is 5. The topological polar surface area (TPSA) is 196 Å². The Morgan fingerprint density at radius 2 is 0.950 bits per heavy atom. The average molecular weight is 821 g/mol. The van der Waals surface area contributed by atoms with Crippen LogP contribution in [0.3, 0.4) is 0 Å². The summed E-state index contributed by atoms with van der Waals surface area (Å²) in [5.74, 6) is -1.94. The van der Waals surface area contributed by atoms with Crippen LogP contribution in [0.5, 0.6) is 0 Å². The normalized spacial score (nSPS) is 12.2. The number of hydrogen-bond donors (Lipinski definition) is 4. The minimum atomic E-state index is -1.54. The third-order valence-electron chi connectivity index (χ3n) is 8.21. The number of aliphatic hydroxyl groups is 2. The zero-order valence-corrected chi connectivity index (χ0v) is 33.3. The summed E-state index contributed by atoms with van der Waals surface area (Å²) in [6.07, 6.45) is -1.23. The van der Waals surface area contributed by atoms with Gasteiger partial charge in [-0.25, -0.2) is 24.0 Å². The fourth-order valence-corrected chi connectivity index (χ4v) is 5.08. The first-order valence-electron chi connectivity index (χ1n) is 18.4. The quantitative estimate of drug-likeness (QED) is 0.0560. The number of carbonyl (C=O) groups is 5. The fraction of sp³-hybridized carbons (Fsp3) is 0.196. The van der Waals surface area contributed by atoms with Crippen molar-refractivity contribution < 1.29 is 57.9 Å². The average Bonchev–Trinajstić information content (AvgIpc) is 3.31. The molecule has 5 rings (SSSR count). The highest BCUT2D eigenvalue weighted by molar-refractivity contribution is 5.87. The molecule has 0 saturated carbocycles. The number of hydrogen-bond acceptors (Lipinski definition) is 12. The molecule has 0 fully saturated rings. The lowest BCUT2D eigenvalue weighted by Gasteiger charge is -2.22. The van der Waals surface area contributed by atoms with Crippen LogP contribution in [-0.4, -0.2) is 73.8 Å². The third kappa shape index (κ3) is 17.1. The molecule has 5 aromatic rings. The molecule has 0 heterocycles. The van der Waals surface area contributed by atoms with Crippen LogP contribution < -0.4 is 10.6 Å². The van der Waals surface area contributed by atoms with E-state index in [4.69, 9.17) is 9.47 Å². The summed E-state index contributed by atoms with van der Waals surface area (Å²) in [5.41, 5.74) is 3.68. The van der Waals surface area contributed by atoms with Crippen LogP contribution in [0.1, 0.15) is 40.0 Å². The van der Waals surface area contributed by atoms with Gasteiger partial charge in [0.15, 0.2) is 12.1 Å². The molecular formula is C46H48N2O12. The molecule has 0 aliphatic carbocycles. The molecule has 0 aliphatic heterocycles. The maximum atomic E-state index is 12.0. The second-order valence-electron chi connectivity index (χ2n) is 12.4. The van der Waals surface area contributed by atoms with Crippen molar-refractivity contribution in [3.05, 3.63) is 186 Å². The Kier molecular flexibility index (Phi) is 20.9. The molecule has 0 aromatic heterocycles. The van der Waals surface area contributed by atoms with Crippen LogP contribution in [0.4, 0.5) is 9.59 Å². The molecule has 0 spiro atoms. The highest BCUT2D eigenvalue weighted by Gasteiger charge is 2.32. The van der Waals surface area contributed by atoms with E-state index >= 15 is 0 Å². The predicted molar refractivity (Wildman–Crippen MR) is 221 cm³/mol. The van der Waals surface area contributed by atoms with Crippen molar-refractivity contribution in [2.24, 2.45) is 0 Å². The Bertz CT molecular complexity index is 2050. The molecule has 0 bridgehead atoms. The molecule has 4 N–H and O–H groups in total. The van der Waals surface area contributed by atoms with Gasteiger partial charge < -0.3 is 44.5 Å². The first-order valence-corrected chi connectivity index (χ1v) is 18.4. The van der Waals surface area contributed by atoms with Crippen molar-refractivity contribution in [3.8, 4) is 0 Å². The maximum absolute atomic E-state index is 12.0. The molecule has 0 saturated heterocycles. The van der Waals surface area contributed by atoms with Crippen molar-refractivity contribution >= 4 is 36.2 Å². The van der Waals surface area contributed by atoms with Gasteiger partial charge in [-0.2, -0.15) is 0 Å². The van der Waals surface area contributed by atoms with Gasteiger partial charge in [-0.15, -0.1) is 0 Å². The SMILES string of the molecule is COC(=O)/C=C/c1ccccc1.COC(=O)[C@@H](NC(=O)OCc1ccccc1)[C@H](O)c1ccccc1.COC(=O)[C@@H](O)[C@H](NC(=O)OCc1ccccc1)c1ccccc1. The zero-order chi connectivity index (χ0) is 43.5. The van der Waals surface area contributed by atoms with Gasteiger partial charge in [0.05, 0.1) is 27.4 Å². The van der Waals surface area contributed by atoms with E-state index in [1.807, 2.05) is 91.0 Å². The van der Waals surface area contributed by atoms with E-state index in [-0.39, 0.29) is 19.2 Å². The van der Waals surface area contributed by atoms with Crippen molar-refractivity contribution in [2.45, 2.75) is 37.5 Å². The molecule has 2 amide bonds. The highest BCUT2D eigenvalue weighted by atomic mass is 16.6. The molecule has 0 radical (unpaired) electrons. The van der Waals surface area contributed by atoms with E-state index in [1.165, 1.54) is 27.4 Å². The number of benzene rings is 5. The summed E-state index contributed by atoms with van der Waals surface area (Å²) < 4.78 is 23.8. The molecule has 60 heavy (non-hydrogen) atoms. The second kappa shape index (κ2) is 26.6. The molecule has 4 atom stereocenters. The number of carbonyl (C=O) groups excluding carboxylic acids is 5. The van der Waals surface area contributed by atoms with Gasteiger partial charge in [-0.1, -0.05) is 152 Å². The Morgan fingerprint density at radius 1 is 0.533 bits per heavy atom. The van der Waals surface area contributed by atoms with E-state index in [0.29, 0.717) is 11.1 Å². The Labute approximate surface area is 348 Å². The van der Waals surface area contributed by atoms with Gasteiger partial charge in [0.2, 0.25) is 0 Å². The van der Waals surface area contributed by atoms with E-state index in [2.05, 4.69) is 24.8 Å². The molecule has 0 aliphatic rings. The highest BCUT2D eigenvalue weighted by Crippen LogP contribution is 2.19. The largest absolute Gasteiger partial charge is 0.467 e.